The van der Waals surface area contributed by atoms with Crippen molar-refractivity contribution in [2.24, 2.45) is 0 Å². The van der Waals surface area contributed by atoms with Crippen molar-refractivity contribution < 1.29 is 4.79 Å². The highest BCUT2D eigenvalue weighted by atomic mass is 32.2. The second-order valence-electron chi connectivity index (χ2n) is 8.31. The third-order valence-electron chi connectivity index (χ3n) is 6.27. The van der Waals surface area contributed by atoms with Crippen LogP contribution in [0.3, 0.4) is 0 Å². The molecule has 1 atom stereocenters. The molecule has 0 amide bonds. The minimum absolute atomic E-state index is 0.0610. The standard InChI is InChI=1S/C25H16N4OS3/c1-11-7-9-15(31-11)17-20-21(18(16-10-8-12(2)32-16)23-22(17)28-33-29-23)27-24-19(26-20)13-5-3-4-6-14(13)25(24)30/h3-8,10,15H,9H2,1-2H3. The molecule has 0 saturated heterocycles. The van der Waals surface area contributed by atoms with Gasteiger partial charge >= 0.3 is 0 Å². The van der Waals surface area contributed by atoms with Gasteiger partial charge in [-0.15, -0.1) is 23.1 Å². The van der Waals surface area contributed by atoms with E-state index in [0.29, 0.717) is 17.0 Å². The minimum atomic E-state index is -0.0610. The van der Waals surface area contributed by atoms with E-state index >= 15 is 0 Å². The SMILES string of the molecule is CC1=CCC(c2c3nsnc3c(-c3ccc(C)s3)c3nc4c(nc23)-c2ccccc2C4=O)S1. The molecular weight excluding hydrogens is 469 g/mol. The fourth-order valence-electron chi connectivity index (χ4n) is 4.79. The van der Waals surface area contributed by atoms with Crippen molar-refractivity contribution >= 4 is 62.7 Å². The molecule has 5 nitrogen and oxygen atoms in total. The van der Waals surface area contributed by atoms with E-state index < -0.39 is 0 Å². The predicted octanol–water partition coefficient (Wildman–Crippen LogP) is 6.96. The Hall–Kier alpha value is -2.94. The third kappa shape index (κ3) is 2.74. The Bertz CT molecular complexity index is 1680. The van der Waals surface area contributed by atoms with Gasteiger partial charge in [-0.05, 0) is 37.3 Å². The molecule has 4 heterocycles. The maximum atomic E-state index is 13.2. The van der Waals surface area contributed by atoms with Crippen molar-refractivity contribution in [3.63, 3.8) is 0 Å². The zero-order valence-electron chi connectivity index (χ0n) is 17.7. The van der Waals surface area contributed by atoms with Crippen LogP contribution >= 0.6 is 34.8 Å². The average molecular weight is 485 g/mol. The first-order chi connectivity index (χ1) is 16.1. The molecule has 160 valence electrons. The van der Waals surface area contributed by atoms with Gasteiger partial charge in [0.2, 0.25) is 5.78 Å². The Labute approximate surface area is 201 Å². The second-order valence-corrected chi connectivity index (χ2v) is 11.6. The summed E-state index contributed by atoms with van der Waals surface area (Å²) in [5.74, 6) is -0.0610. The second kappa shape index (κ2) is 7.03. The summed E-state index contributed by atoms with van der Waals surface area (Å²) in [6.07, 6.45) is 3.19. The summed E-state index contributed by atoms with van der Waals surface area (Å²) in [6, 6.07) is 11.9. The highest BCUT2D eigenvalue weighted by molar-refractivity contribution is 8.03. The lowest BCUT2D eigenvalue weighted by molar-refractivity contribution is 0.103. The molecule has 1 unspecified atom stereocenters. The van der Waals surface area contributed by atoms with Crippen molar-refractivity contribution in [3.8, 4) is 21.7 Å². The number of hydrogen-bond donors (Lipinski definition) is 0. The molecule has 3 aromatic heterocycles. The van der Waals surface area contributed by atoms with Gasteiger partial charge in [0.15, 0.2) is 0 Å². The molecule has 7 rings (SSSR count). The first-order valence-electron chi connectivity index (χ1n) is 10.6. The van der Waals surface area contributed by atoms with Crippen LogP contribution in [0, 0.1) is 6.92 Å². The molecule has 2 aromatic carbocycles. The zero-order valence-corrected chi connectivity index (χ0v) is 20.2. The number of carbonyl (C=O) groups is 1. The number of hydrogen-bond acceptors (Lipinski definition) is 8. The molecule has 0 N–H and O–H groups in total. The van der Waals surface area contributed by atoms with Crippen molar-refractivity contribution in [1.29, 1.82) is 0 Å². The summed E-state index contributed by atoms with van der Waals surface area (Å²) in [7, 11) is 0. The van der Waals surface area contributed by atoms with E-state index in [1.807, 2.05) is 36.0 Å². The number of thioether (sulfide) groups is 1. The van der Waals surface area contributed by atoms with Crippen LogP contribution in [0.2, 0.25) is 0 Å². The molecule has 5 aromatic rings. The first kappa shape index (κ1) is 19.5. The average Bonchev–Trinajstić information content (AvgIpc) is 3.60. The van der Waals surface area contributed by atoms with Crippen LogP contribution < -0.4 is 0 Å². The number of benzene rings is 2. The van der Waals surface area contributed by atoms with Gasteiger partial charge in [0.1, 0.15) is 27.9 Å². The fraction of sp³-hybridized carbons (Fsp3) is 0.160. The van der Waals surface area contributed by atoms with Crippen LogP contribution in [0.15, 0.2) is 47.4 Å². The van der Waals surface area contributed by atoms with Crippen LogP contribution in [-0.4, -0.2) is 24.5 Å². The van der Waals surface area contributed by atoms with Gasteiger partial charge in [0, 0.05) is 37.3 Å². The fourth-order valence-corrected chi connectivity index (χ4v) is 7.45. The quantitative estimate of drug-likeness (QED) is 0.264. The number of nitrogens with zero attached hydrogens (tertiary/aromatic N) is 4. The van der Waals surface area contributed by atoms with Crippen LogP contribution in [0.5, 0.6) is 0 Å². The van der Waals surface area contributed by atoms with E-state index in [9.17, 15) is 4.79 Å². The number of allylic oxidation sites excluding steroid dienone is 2. The molecule has 8 heteroatoms. The van der Waals surface area contributed by atoms with E-state index in [-0.39, 0.29) is 11.0 Å². The van der Waals surface area contributed by atoms with E-state index in [0.717, 1.165) is 50.1 Å². The van der Waals surface area contributed by atoms with Crippen molar-refractivity contribution in [2.45, 2.75) is 25.5 Å². The predicted molar refractivity (Wildman–Crippen MR) is 136 cm³/mol. The van der Waals surface area contributed by atoms with Crippen molar-refractivity contribution in [3.05, 3.63) is 69.1 Å². The Morgan fingerprint density at radius 3 is 2.42 bits per heavy atom. The Kier molecular flexibility index (Phi) is 4.16. The number of aryl methyl sites for hydroxylation is 1. The Morgan fingerprint density at radius 1 is 0.879 bits per heavy atom. The number of ketones is 1. The molecule has 33 heavy (non-hydrogen) atoms. The molecular formula is C25H16N4OS3. The number of carbonyl (C=O) groups excluding carboxylic acids is 1. The molecule has 0 spiro atoms. The van der Waals surface area contributed by atoms with Crippen molar-refractivity contribution in [2.75, 3.05) is 0 Å². The van der Waals surface area contributed by atoms with Gasteiger partial charge in [-0.25, -0.2) is 9.97 Å². The molecule has 2 aliphatic rings. The lowest BCUT2D eigenvalue weighted by atomic mass is 9.99. The molecule has 1 aliphatic heterocycles. The summed E-state index contributed by atoms with van der Waals surface area (Å²) in [4.78, 5) is 27.0. The maximum absolute atomic E-state index is 13.2. The van der Waals surface area contributed by atoms with E-state index in [1.165, 1.54) is 21.5 Å². The molecule has 0 bridgehead atoms. The normalized spacial score (nSPS) is 17.1. The summed E-state index contributed by atoms with van der Waals surface area (Å²) >= 11 is 4.77. The largest absolute Gasteiger partial charge is 0.287 e. The molecule has 0 saturated carbocycles. The number of fused-ring (bicyclic) bond motifs is 5. The van der Waals surface area contributed by atoms with Gasteiger partial charge in [-0.3, -0.25) is 4.79 Å². The minimum Gasteiger partial charge on any atom is -0.287 e. The van der Waals surface area contributed by atoms with Gasteiger partial charge in [-0.1, -0.05) is 30.3 Å². The lowest BCUT2D eigenvalue weighted by Gasteiger charge is -2.16. The highest BCUT2D eigenvalue weighted by Gasteiger charge is 2.34. The Balaban J connectivity index is 1.64. The number of aromatic nitrogens is 4. The molecule has 1 aliphatic carbocycles. The van der Waals surface area contributed by atoms with Crippen molar-refractivity contribution in [1.82, 2.24) is 18.7 Å². The summed E-state index contributed by atoms with van der Waals surface area (Å²) in [6.45, 7) is 4.23. The molecule has 0 radical (unpaired) electrons. The zero-order chi connectivity index (χ0) is 22.3. The monoisotopic (exact) mass is 484 g/mol. The van der Waals surface area contributed by atoms with Gasteiger partial charge in [0.05, 0.1) is 17.2 Å². The van der Waals surface area contributed by atoms with Gasteiger partial charge < -0.3 is 0 Å². The number of rotatable bonds is 2. The topological polar surface area (TPSA) is 68.6 Å². The van der Waals surface area contributed by atoms with Crippen LogP contribution in [0.4, 0.5) is 0 Å². The van der Waals surface area contributed by atoms with Gasteiger partial charge in [0.25, 0.3) is 0 Å². The number of thiophene rings is 1. The molecule has 0 fully saturated rings. The summed E-state index contributed by atoms with van der Waals surface area (Å²) in [5.41, 5.74) is 7.98. The Morgan fingerprint density at radius 2 is 1.67 bits per heavy atom. The highest BCUT2D eigenvalue weighted by Crippen LogP contribution is 2.50. The van der Waals surface area contributed by atoms with E-state index in [4.69, 9.17) is 18.7 Å². The van der Waals surface area contributed by atoms with Gasteiger partial charge in [-0.2, -0.15) is 8.75 Å². The summed E-state index contributed by atoms with van der Waals surface area (Å²) in [5, 5.41) is 0.206. The maximum Gasteiger partial charge on any atom is 0.214 e. The third-order valence-corrected chi connectivity index (χ3v) is 9.06. The van der Waals surface area contributed by atoms with E-state index in [2.05, 4.69) is 32.1 Å². The van der Waals surface area contributed by atoms with Crippen LogP contribution in [0.1, 0.15) is 45.1 Å². The van der Waals surface area contributed by atoms with Crippen LogP contribution in [0.25, 0.3) is 43.8 Å². The lowest BCUT2D eigenvalue weighted by Crippen LogP contribution is -2.04. The van der Waals surface area contributed by atoms with E-state index in [1.54, 1.807) is 11.3 Å². The van der Waals surface area contributed by atoms with Crippen LogP contribution in [-0.2, 0) is 0 Å². The smallest absolute Gasteiger partial charge is 0.214 e. The summed E-state index contributed by atoms with van der Waals surface area (Å²) < 4.78 is 9.46. The first-order valence-corrected chi connectivity index (χ1v) is 13.1.